The lowest BCUT2D eigenvalue weighted by Crippen LogP contribution is -2.38. The van der Waals surface area contributed by atoms with Gasteiger partial charge in [-0.05, 0) is 24.6 Å². The molecular formula is C19H22ClN2O2S+. The summed E-state index contributed by atoms with van der Waals surface area (Å²) in [5.74, 6) is -0.339. The molecule has 0 bridgehead atoms. The highest BCUT2D eigenvalue weighted by Crippen LogP contribution is 2.38. The largest absolute Gasteiger partial charge is 0.366 e. The summed E-state index contributed by atoms with van der Waals surface area (Å²) in [6, 6.07) is 7.27. The summed E-state index contributed by atoms with van der Waals surface area (Å²) in [5.41, 5.74) is 8.20. The molecule has 0 radical (unpaired) electrons. The molecule has 0 spiro atoms. The molecule has 1 aliphatic rings. The first-order valence-corrected chi connectivity index (χ1v) is 9.53. The number of nitrogens with zero attached hydrogens (tertiary/aromatic N) is 1. The van der Waals surface area contributed by atoms with E-state index < -0.39 is 5.91 Å². The topological polar surface area (TPSA) is 60.2 Å². The van der Waals surface area contributed by atoms with Crippen molar-refractivity contribution in [1.29, 1.82) is 0 Å². The van der Waals surface area contributed by atoms with Gasteiger partial charge in [0.05, 0.1) is 24.0 Å². The number of halogens is 1. The van der Waals surface area contributed by atoms with E-state index in [-0.39, 0.29) is 12.2 Å². The van der Waals surface area contributed by atoms with Crippen molar-refractivity contribution in [3.8, 4) is 0 Å². The number of amides is 1. The van der Waals surface area contributed by atoms with Crippen LogP contribution >= 0.6 is 22.9 Å². The summed E-state index contributed by atoms with van der Waals surface area (Å²) >= 11 is 7.45. The normalized spacial score (nSPS) is 19.0. The molecule has 1 unspecified atom stereocenters. The monoisotopic (exact) mass is 377 g/mol. The van der Waals surface area contributed by atoms with Gasteiger partial charge in [-0.15, -0.1) is 11.3 Å². The summed E-state index contributed by atoms with van der Waals surface area (Å²) in [5, 5.41) is 0.652. The molecule has 132 valence electrons. The summed E-state index contributed by atoms with van der Waals surface area (Å²) in [6.45, 7) is 4.87. The van der Waals surface area contributed by atoms with Gasteiger partial charge >= 0.3 is 0 Å². The smallest absolute Gasteiger partial charge is 0.250 e. The van der Waals surface area contributed by atoms with Crippen LogP contribution in [0.1, 0.15) is 38.2 Å². The number of ketones is 1. The maximum atomic E-state index is 12.5. The van der Waals surface area contributed by atoms with Crippen molar-refractivity contribution >= 4 is 34.6 Å². The van der Waals surface area contributed by atoms with Gasteiger partial charge in [-0.1, -0.05) is 23.7 Å². The van der Waals surface area contributed by atoms with Crippen LogP contribution in [0.2, 0.25) is 5.02 Å². The number of thiophene rings is 1. The highest BCUT2D eigenvalue weighted by atomic mass is 35.5. The van der Waals surface area contributed by atoms with E-state index in [9.17, 15) is 9.59 Å². The van der Waals surface area contributed by atoms with Gasteiger partial charge in [0.2, 0.25) is 5.91 Å². The van der Waals surface area contributed by atoms with Gasteiger partial charge in [-0.2, -0.15) is 0 Å². The van der Waals surface area contributed by atoms with Gasteiger partial charge in [-0.25, -0.2) is 0 Å². The average Bonchev–Trinajstić information content (AvgIpc) is 3.02. The predicted octanol–water partition coefficient (Wildman–Crippen LogP) is 3.33. The summed E-state index contributed by atoms with van der Waals surface area (Å²) in [4.78, 5) is 26.5. The quantitative estimate of drug-likeness (QED) is 0.785. The number of benzene rings is 1. The Kier molecular flexibility index (Phi) is 5.00. The molecule has 0 fully saturated rings. The van der Waals surface area contributed by atoms with Gasteiger partial charge < -0.3 is 10.2 Å². The van der Waals surface area contributed by atoms with E-state index in [0.29, 0.717) is 17.0 Å². The molecule has 1 aliphatic heterocycles. The van der Waals surface area contributed by atoms with Crippen molar-refractivity contribution in [2.24, 2.45) is 5.73 Å². The zero-order chi connectivity index (χ0) is 18.2. The Bertz CT molecular complexity index is 829. The summed E-state index contributed by atoms with van der Waals surface area (Å²) < 4.78 is 0.889. The number of rotatable bonds is 6. The van der Waals surface area contributed by atoms with Crippen LogP contribution in [0, 0.1) is 0 Å². The lowest BCUT2D eigenvalue weighted by atomic mass is 10.0. The third-order valence-electron chi connectivity index (χ3n) is 4.91. The van der Waals surface area contributed by atoms with Crippen molar-refractivity contribution in [3.05, 3.63) is 55.7 Å². The fourth-order valence-electron chi connectivity index (χ4n) is 3.35. The SMILES string of the molecule is CC[N+]1(C)Cc2sc(CC(=O)Cc3ccc(Cl)cc3)c(C(N)=O)c2C1. The van der Waals surface area contributed by atoms with Crippen molar-refractivity contribution in [1.82, 2.24) is 0 Å². The molecule has 1 atom stereocenters. The maximum Gasteiger partial charge on any atom is 0.250 e. The third kappa shape index (κ3) is 3.78. The van der Waals surface area contributed by atoms with Crippen molar-refractivity contribution in [3.63, 3.8) is 0 Å². The fourth-order valence-corrected chi connectivity index (χ4v) is 5.00. The first-order valence-electron chi connectivity index (χ1n) is 8.34. The zero-order valence-electron chi connectivity index (χ0n) is 14.5. The average molecular weight is 378 g/mol. The number of carbonyl (C=O) groups excluding carboxylic acids is 2. The van der Waals surface area contributed by atoms with Gasteiger partial charge in [0.15, 0.2) is 0 Å². The zero-order valence-corrected chi connectivity index (χ0v) is 16.0. The Labute approximate surface area is 156 Å². The van der Waals surface area contributed by atoms with E-state index in [1.807, 2.05) is 12.1 Å². The third-order valence-corrected chi connectivity index (χ3v) is 6.38. The number of primary amides is 1. The molecule has 1 aromatic heterocycles. The number of Topliss-reactive ketones (excluding diaryl/α,β-unsaturated/α-hetero) is 1. The molecule has 0 saturated heterocycles. The van der Waals surface area contributed by atoms with Crippen LogP contribution in [0.3, 0.4) is 0 Å². The molecule has 0 aliphatic carbocycles. The van der Waals surface area contributed by atoms with Crippen molar-refractivity contribution < 1.29 is 14.1 Å². The van der Waals surface area contributed by atoms with Gasteiger partial charge in [0, 0.05) is 28.3 Å². The van der Waals surface area contributed by atoms with E-state index in [0.717, 1.165) is 40.1 Å². The molecule has 3 rings (SSSR count). The molecule has 2 aromatic rings. The number of nitrogens with two attached hydrogens (primary N) is 1. The van der Waals surface area contributed by atoms with E-state index >= 15 is 0 Å². The fraction of sp³-hybridized carbons (Fsp3) is 0.368. The van der Waals surface area contributed by atoms with E-state index in [2.05, 4.69) is 14.0 Å². The van der Waals surface area contributed by atoms with E-state index in [1.165, 1.54) is 4.88 Å². The molecule has 0 saturated carbocycles. The maximum absolute atomic E-state index is 12.5. The minimum atomic E-state index is -0.420. The number of quaternary nitrogens is 1. The first kappa shape index (κ1) is 18.1. The summed E-state index contributed by atoms with van der Waals surface area (Å²) in [7, 11) is 2.18. The lowest BCUT2D eigenvalue weighted by Gasteiger charge is -2.27. The second-order valence-corrected chi connectivity index (χ2v) is 8.56. The Balaban J connectivity index is 1.79. The highest BCUT2D eigenvalue weighted by molar-refractivity contribution is 7.12. The van der Waals surface area contributed by atoms with Gasteiger partial charge in [0.25, 0.3) is 0 Å². The number of hydrogen-bond donors (Lipinski definition) is 1. The molecule has 4 nitrogen and oxygen atoms in total. The first-order chi connectivity index (χ1) is 11.8. The number of carbonyl (C=O) groups is 2. The predicted molar refractivity (Wildman–Crippen MR) is 101 cm³/mol. The van der Waals surface area contributed by atoms with Crippen LogP contribution in [0.25, 0.3) is 0 Å². The second kappa shape index (κ2) is 6.90. The van der Waals surface area contributed by atoms with E-state index in [1.54, 1.807) is 23.5 Å². The second-order valence-electron chi connectivity index (χ2n) is 6.94. The van der Waals surface area contributed by atoms with E-state index in [4.69, 9.17) is 17.3 Å². The molecule has 1 aromatic carbocycles. The lowest BCUT2D eigenvalue weighted by molar-refractivity contribution is -0.927. The molecular weight excluding hydrogens is 356 g/mol. The van der Waals surface area contributed by atoms with Gasteiger partial charge in [-0.3, -0.25) is 9.59 Å². The Morgan fingerprint density at radius 2 is 1.88 bits per heavy atom. The van der Waals surface area contributed by atoms with Crippen LogP contribution in [-0.2, 0) is 30.7 Å². The standard InChI is InChI=1S/C19H21ClN2O2S/c1-3-22(2)10-15-17(11-22)25-16(18(15)19(21)24)9-14(23)8-12-4-6-13(20)7-5-12/h4-7H,3,8-11H2,1-2H3,(H-,21,24)/p+1. The van der Waals surface area contributed by atoms with Gasteiger partial charge in [0.1, 0.15) is 18.9 Å². The Morgan fingerprint density at radius 1 is 1.20 bits per heavy atom. The minimum absolute atomic E-state index is 0.0810. The number of fused-ring (bicyclic) bond motifs is 1. The Morgan fingerprint density at radius 3 is 2.48 bits per heavy atom. The van der Waals surface area contributed by atoms with Crippen LogP contribution in [0.5, 0.6) is 0 Å². The highest BCUT2D eigenvalue weighted by Gasteiger charge is 2.37. The van der Waals surface area contributed by atoms with Crippen LogP contribution in [-0.4, -0.2) is 29.8 Å². The van der Waals surface area contributed by atoms with Crippen LogP contribution < -0.4 is 5.73 Å². The molecule has 2 heterocycles. The molecule has 2 N–H and O–H groups in total. The minimum Gasteiger partial charge on any atom is -0.366 e. The van der Waals surface area contributed by atoms with Crippen LogP contribution in [0.4, 0.5) is 0 Å². The summed E-state index contributed by atoms with van der Waals surface area (Å²) in [6.07, 6.45) is 0.592. The Hall–Kier alpha value is -1.69. The molecule has 25 heavy (non-hydrogen) atoms. The molecule has 1 amide bonds. The number of hydrogen-bond acceptors (Lipinski definition) is 3. The molecule has 6 heteroatoms. The van der Waals surface area contributed by atoms with Crippen LogP contribution in [0.15, 0.2) is 24.3 Å². The van der Waals surface area contributed by atoms with Crippen molar-refractivity contribution in [2.75, 3.05) is 13.6 Å². The van der Waals surface area contributed by atoms with Crippen molar-refractivity contribution in [2.45, 2.75) is 32.9 Å².